The SMILES string of the molecule is COCCN1C(=O)c2ccccc2[C@H](C(=O)O)C12CCCCC2. The van der Waals surface area contributed by atoms with Gasteiger partial charge in [0.25, 0.3) is 5.91 Å². The molecule has 0 radical (unpaired) electrons. The average molecular weight is 317 g/mol. The molecule has 1 heterocycles. The summed E-state index contributed by atoms with van der Waals surface area (Å²) in [6.45, 7) is 0.857. The molecule has 0 bridgehead atoms. The molecule has 0 saturated heterocycles. The lowest BCUT2D eigenvalue weighted by Crippen LogP contribution is -2.62. The van der Waals surface area contributed by atoms with Crippen LogP contribution in [0.15, 0.2) is 24.3 Å². The number of hydrogen-bond acceptors (Lipinski definition) is 3. The number of carbonyl (C=O) groups is 2. The number of hydrogen-bond donors (Lipinski definition) is 1. The van der Waals surface area contributed by atoms with Crippen molar-refractivity contribution in [3.8, 4) is 0 Å². The highest BCUT2D eigenvalue weighted by Crippen LogP contribution is 2.49. The minimum atomic E-state index is -0.839. The largest absolute Gasteiger partial charge is 0.481 e. The maximum absolute atomic E-state index is 13.0. The summed E-state index contributed by atoms with van der Waals surface area (Å²) in [6, 6.07) is 7.16. The minimum absolute atomic E-state index is 0.0583. The van der Waals surface area contributed by atoms with E-state index in [1.54, 1.807) is 30.2 Å². The molecule has 0 aromatic heterocycles. The molecule has 1 aliphatic carbocycles. The van der Waals surface area contributed by atoms with E-state index in [-0.39, 0.29) is 5.91 Å². The molecular formula is C18H23NO4. The second-order valence-corrected chi connectivity index (χ2v) is 6.47. The quantitative estimate of drug-likeness (QED) is 0.927. The molecule has 1 atom stereocenters. The number of amides is 1. The molecule has 23 heavy (non-hydrogen) atoms. The summed E-state index contributed by atoms with van der Waals surface area (Å²) < 4.78 is 5.17. The number of benzene rings is 1. The highest BCUT2D eigenvalue weighted by Gasteiger charge is 2.54. The molecule has 1 spiro atoms. The van der Waals surface area contributed by atoms with Gasteiger partial charge in [0, 0.05) is 19.2 Å². The Morgan fingerprint density at radius 2 is 2.00 bits per heavy atom. The first-order chi connectivity index (χ1) is 11.1. The third kappa shape index (κ3) is 2.53. The standard InChI is InChI=1S/C18H23NO4/c1-23-12-11-19-16(20)14-8-4-3-7-13(14)15(17(21)22)18(19)9-5-2-6-10-18/h3-4,7-8,15H,2,5-6,9-12H2,1H3,(H,21,22)/t15-/m1/s1. The Kier molecular flexibility index (Phi) is 4.39. The van der Waals surface area contributed by atoms with Gasteiger partial charge >= 0.3 is 5.97 Å². The van der Waals surface area contributed by atoms with Crippen molar-refractivity contribution < 1.29 is 19.4 Å². The van der Waals surface area contributed by atoms with Crippen molar-refractivity contribution in [2.45, 2.75) is 43.6 Å². The molecule has 1 aromatic carbocycles. The number of methoxy groups -OCH3 is 1. The molecule has 1 fully saturated rings. The lowest BCUT2D eigenvalue weighted by molar-refractivity contribution is -0.144. The molecule has 1 amide bonds. The molecule has 1 N–H and O–H groups in total. The number of carboxylic acid groups (broad SMARTS) is 1. The van der Waals surface area contributed by atoms with Gasteiger partial charge in [0.2, 0.25) is 0 Å². The predicted octanol–water partition coefficient (Wildman–Crippen LogP) is 2.66. The fraction of sp³-hybridized carbons (Fsp3) is 0.556. The molecule has 124 valence electrons. The fourth-order valence-electron chi connectivity index (χ4n) is 4.33. The van der Waals surface area contributed by atoms with Crippen LogP contribution in [-0.2, 0) is 9.53 Å². The molecule has 5 heteroatoms. The van der Waals surface area contributed by atoms with E-state index >= 15 is 0 Å². The second-order valence-electron chi connectivity index (χ2n) is 6.47. The van der Waals surface area contributed by atoms with Crippen molar-refractivity contribution in [1.29, 1.82) is 0 Å². The Balaban J connectivity index is 2.15. The molecule has 1 saturated carbocycles. The Bertz CT molecular complexity index is 607. The summed E-state index contributed by atoms with van der Waals surface area (Å²) >= 11 is 0. The summed E-state index contributed by atoms with van der Waals surface area (Å²) in [7, 11) is 1.60. The van der Waals surface area contributed by atoms with Crippen molar-refractivity contribution in [3.63, 3.8) is 0 Å². The van der Waals surface area contributed by atoms with Gasteiger partial charge in [-0.1, -0.05) is 37.5 Å². The zero-order valence-corrected chi connectivity index (χ0v) is 13.5. The Labute approximate surface area is 136 Å². The molecule has 5 nitrogen and oxygen atoms in total. The summed E-state index contributed by atoms with van der Waals surface area (Å²) in [6.07, 6.45) is 4.51. The van der Waals surface area contributed by atoms with Crippen LogP contribution in [0.3, 0.4) is 0 Å². The average Bonchev–Trinajstić information content (AvgIpc) is 2.55. The Hall–Kier alpha value is -1.88. The van der Waals surface area contributed by atoms with Gasteiger partial charge in [-0.3, -0.25) is 9.59 Å². The normalized spacial score (nSPS) is 22.9. The topological polar surface area (TPSA) is 66.8 Å². The maximum atomic E-state index is 13.0. The number of ether oxygens (including phenoxy) is 1. The monoisotopic (exact) mass is 317 g/mol. The van der Waals surface area contributed by atoms with Gasteiger partial charge < -0.3 is 14.7 Å². The van der Waals surface area contributed by atoms with Crippen molar-refractivity contribution >= 4 is 11.9 Å². The van der Waals surface area contributed by atoms with E-state index in [1.165, 1.54) is 0 Å². The van der Waals surface area contributed by atoms with Crippen LogP contribution >= 0.6 is 0 Å². The third-order valence-electron chi connectivity index (χ3n) is 5.31. The van der Waals surface area contributed by atoms with Crippen LogP contribution in [0, 0.1) is 0 Å². The summed E-state index contributed by atoms with van der Waals surface area (Å²) in [5, 5.41) is 9.96. The fourth-order valence-corrected chi connectivity index (χ4v) is 4.33. The van der Waals surface area contributed by atoms with Crippen LogP contribution in [0.1, 0.15) is 53.9 Å². The summed E-state index contributed by atoms with van der Waals surface area (Å²) in [5.41, 5.74) is 0.571. The molecule has 1 aliphatic heterocycles. The van der Waals surface area contributed by atoms with Gasteiger partial charge in [-0.15, -0.1) is 0 Å². The van der Waals surface area contributed by atoms with Crippen LogP contribution in [0.2, 0.25) is 0 Å². The van der Waals surface area contributed by atoms with E-state index in [1.807, 2.05) is 6.07 Å². The lowest BCUT2D eigenvalue weighted by atomic mass is 9.65. The first-order valence-corrected chi connectivity index (χ1v) is 8.24. The van der Waals surface area contributed by atoms with Crippen LogP contribution < -0.4 is 0 Å². The highest BCUT2D eigenvalue weighted by molar-refractivity contribution is 6.01. The van der Waals surface area contributed by atoms with Crippen molar-refractivity contribution in [2.75, 3.05) is 20.3 Å². The van der Waals surface area contributed by atoms with Crippen LogP contribution in [0.25, 0.3) is 0 Å². The van der Waals surface area contributed by atoms with Crippen molar-refractivity contribution in [1.82, 2.24) is 4.90 Å². The van der Waals surface area contributed by atoms with Crippen LogP contribution in [-0.4, -0.2) is 47.7 Å². The zero-order chi connectivity index (χ0) is 16.4. The van der Waals surface area contributed by atoms with Crippen LogP contribution in [0.5, 0.6) is 0 Å². The van der Waals surface area contributed by atoms with Gasteiger partial charge in [0.1, 0.15) is 5.92 Å². The third-order valence-corrected chi connectivity index (χ3v) is 5.31. The van der Waals surface area contributed by atoms with Gasteiger partial charge in [0.05, 0.1) is 12.1 Å². The number of carbonyl (C=O) groups excluding carboxylic acids is 1. The Morgan fingerprint density at radius 1 is 1.30 bits per heavy atom. The minimum Gasteiger partial charge on any atom is -0.481 e. The number of fused-ring (bicyclic) bond motifs is 1. The predicted molar refractivity (Wildman–Crippen MR) is 85.5 cm³/mol. The van der Waals surface area contributed by atoms with E-state index in [4.69, 9.17) is 4.74 Å². The van der Waals surface area contributed by atoms with Gasteiger partial charge in [0.15, 0.2) is 0 Å². The van der Waals surface area contributed by atoms with Gasteiger partial charge in [-0.2, -0.15) is 0 Å². The van der Waals surface area contributed by atoms with E-state index in [9.17, 15) is 14.7 Å². The number of carboxylic acids is 1. The summed E-state index contributed by atoms with van der Waals surface area (Å²) in [4.78, 5) is 27.0. The number of aliphatic carboxylic acids is 1. The number of nitrogens with zero attached hydrogens (tertiary/aromatic N) is 1. The van der Waals surface area contributed by atoms with Crippen LogP contribution in [0.4, 0.5) is 0 Å². The van der Waals surface area contributed by atoms with Crippen molar-refractivity contribution in [2.24, 2.45) is 0 Å². The first-order valence-electron chi connectivity index (χ1n) is 8.24. The van der Waals surface area contributed by atoms with Gasteiger partial charge in [-0.05, 0) is 24.5 Å². The highest BCUT2D eigenvalue weighted by atomic mass is 16.5. The van der Waals surface area contributed by atoms with E-state index < -0.39 is 17.4 Å². The van der Waals surface area contributed by atoms with E-state index in [0.29, 0.717) is 24.3 Å². The van der Waals surface area contributed by atoms with Gasteiger partial charge in [-0.25, -0.2) is 0 Å². The molecule has 2 aliphatic rings. The molecule has 0 unspecified atom stereocenters. The molecular weight excluding hydrogens is 294 g/mol. The zero-order valence-electron chi connectivity index (χ0n) is 13.5. The van der Waals surface area contributed by atoms with E-state index in [0.717, 1.165) is 32.1 Å². The molecule has 1 aromatic rings. The van der Waals surface area contributed by atoms with E-state index in [2.05, 4.69) is 0 Å². The maximum Gasteiger partial charge on any atom is 0.313 e. The number of rotatable bonds is 4. The second kappa shape index (κ2) is 6.32. The smallest absolute Gasteiger partial charge is 0.313 e. The molecule has 3 rings (SSSR count). The lowest BCUT2D eigenvalue weighted by Gasteiger charge is -2.53. The van der Waals surface area contributed by atoms with Crippen molar-refractivity contribution in [3.05, 3.63) is 35.4 Å². The summed E-state index contributed by atoms with van der Waals surface area (Å²) in [5.74, 6) is -1.56. The first kappa shape index (κ1) is 16.0. The Morgan fingerprint density at radius 3 is 2.65 bits per heavy atom.